The van der Waals surface area contributed by atoms with Crippen LogP contribution in [0.15, 0.2) is 42.6 Å². The van der Waals surface area contributed by atoms with Crippen molar-refractivity contribution in [2.45, 2.75) is 13.3 Å². The molecule has 3 rings (SSSR count). The van der Waals surface area contributed by atoms with Gasteiger partial charge in [0.15, 0.2) is 0 Å². The number of halogens is 1. The lowest BCUT2D eigenvalue weighted by Crippen LogP contribution is -2.48. The number of piperazine rings is 1. The van der Waals surface area contributed by atoms with Crippen molar-refractivity contribution in [1.29, 1.82) is 0 Å². The fraction of sp³-hybridized carbons (Fsp3) is 0.368. The normalized spacial score (nSPS) is 15.2. The first-order valence-corrected chi connectivity index (χ1v) is 8.61. The van der Waals surface area contributed by atoms with Crippen molar-refractivity contribution in [3.63, 3.8) is 0 Å². The fourth-order valence-corrected chi connectivity index (χ4v) is 2.98. The number of hydrogen-bond acceptors (Lipinski definition) is 4. The molecular weight excluding hydrogens is 319 g/mol. The summed E-state index contributed by atoms with van der Waals surface area (Å²) in [5, 5.41) is 2.94. The molecule has 25 heavy (non-hydrogen) atoms. The van der Waals surface area contributed by atoms with Crippen LogP contribution in [-0.2, 0) is 11.2 Å². The van der Waals surface area contributed by atoms with Gasteiger partial charge in [-0.05, 0) is 30.2 Å². The summed E-state index contributed by atoms with van der Waals surface area (Å²) in [6.07, 6.45) is 2.47. The van der Waals surface area contributed by atoms with E-state index in [4.69, 9.17) is 0 Å². The van der Waals surface area contributed by atoms with Crippen molar-refractivity contribution in [1.82, 2.24) is 9.88 Å². The average molecular weight is 342 g/mol. The molecule has 0 bridgehead atoms. The van der Waals surface area contributed by atoms with Crippen LogP contribution in [-0.4, -0.2) is 48.5 Å². The Morgan fingerprint density at radius 2 is 1.88 bits per heavy atom. The highest BCUT2D eigenvalue weighted by Crippen LogP contribution is 2.16. The number of carbonyl (C=O) groups is 1. The molecule has 132 valence electrons. The van der Waals surface area contributed by atoms with Gasteiger partial charge in [0.1, 0.15) is 0 Å². The molecule has 1 saturated heterocycles. The number of nitrogens with one attached hydrogen (secondary N) is 1. The summed E-state index contributed by atoms with van der Waals surface area (Å²) in [5.74, 6) is -0.471. The van der Waals surface area contributed by atoms with Crippen molar-refractivity contribution < 1.29 is 9.18 Å². The van der Waals surface area contributed by atoms with Crippen LogP contribution in [0.2, 0.25) is 0 Å². The molecule has 2 aromatic rings. The lowest BCUT2D eigenvalue weighted by atomic mass is 10.1. The zero-order valence-corrected chi connectivity index (χ0v) is 14.4. The summed E-state index contributed by atoms with van der Waals surface area (Å²) >= 11 is 0. The molecule has 0 atom stereocenters. The van der Waals surface area contributed by atoms with Gasteiger partial charge in [0.05, 0.1) is 6.54 Å². The minimum Gasteiger partial charge on any atom is -0.369 e. The first-order chi connectivity index (χ1) is 12.1. The largest absolute Gasteiger partial charge is 0.369 e. The molecule has 6 heteroatoms. The summed E-state index contributed by atoms with van der Waals surface area (Å²) in [5.41, 5.74) is 2.92. The maximum Gasteiger partial charge on any atom is 0.238 e. The second-order valence-electron chi connectivity index (χ2n) is 6.20. The van der Waals surface area contributed by atoms with Crippen molar-refractivity contribution >= 4 is 17.3 Å². The number of aromatic nitrogens is 1. The van der Waals surface area contributed by atoms with Crippen molar-refractivity contribution in [3.8, 4) is 0 Å². The molecule has 0 saturated carbocycles. The van der Waals surface area contributed by atoms with Crippen LogP contribution in [0, 0.1) is 5.95 Å². The van der Waals surface area contributed by atoms with Crippen molar-refractivity contribution in [2.24, 2.45) is 0 Å². The first-order valence-electron chi connectivity index (χ1n) is 8.61. The minimum atomic E-state index is -0.464. The van der Waals surface area contributed by atoms with E-state index >= 15 is 0 Å². The first kappa shape index (κ1) is 17.4. The average Bonchev–Trinajstić information content (AvgIpc) is 2.63. The summed E-state index contributed by atoms with van der Waals surface area (Å²) in [6.45, 7) is 5.55. The minimum absolute atomic E-state index is 0.00680. The molecular formula is C19H23FN4O. The number of benzene rings is 1. The van der Waals surface area contributed by atoms with Crippen LogP contribution >= 0.6 is 0 Å². The van der Waals surface area contributed by atoms with Crippen LogP contribution in [0.5, 0.6) is 0 Å². The van der Waals surface area contributed by atoms with Gasteiger partial charge in [-0.25, -0.2) is 4.98 Å². The Hall–Kier alpha value is -2.47. The maximum atomic E-state index is 13.2. The predicted octanol–water partition coefficient (Wildman–Crippen LogP) is 2.54. The Labute approximate surface area is 147 Å². The van der Waals surface area contributed by atoms with Crippen LogP contribution in [0.1, 0.15) is 12.5 Å². The van der Waals surface area contributed by atoms with E-state index in [0.717, 1.165) is 44.0 Å². The van der Waals surface area contributed by atoms with Gasteiger partial charge < -0.3 is 10.2 Å². The van der Waals surface area contributed by atoms with Gasteiger partial charge in [0.25, 0.3) is 0 Å². The lowest BCUT2D eigenvalue weighted by Gasteiger charge is -2.35. The molecule has 1 amide bonds. The molecule has 2 heterocycles. The molecule has 1 N–H and O–H groups in total. The Bertz CT molecular complexity index is 712. The highest BCUT2D eigenvalue weighted by atomic mass is 19.1. The molecule has 1 aromatic carbocycles. The number of aryl methyl sites for hydroxylation is 1. The van der Waals surface area contributed by atoms with Crippen molar-refractivity contribution in [2.75, 3.05) is 42.9 Å². The van der Waals surface area contributed by atoms with Gasteiger partial charge in [-0.2, -0.15) is 4.39 Å². The number of rotatable bonds is 5. The molecule has 1 aliphatic rings. The van der Waals surface area contributed by atoms with E-state index < -0.39 is 5.95 Å². The monoisotopic (exact) mass is 342 g/mol. The van der Waals surface area contributed by atoms with Gasteiger partial charge in [-0.3, -0.25) is 9.69 Å². The van der Waals surface area contributed by atoms with Gasteiger partial charge in [0, 0.05) is 49.8 Å². The predicted molar refractivity (Wildman–Crippen MR) is 97.3 cm³/mol. The Balaban J connectivity index is 1.47. The third kappa shape index (κ3) is 4.76. The highest BCUT2D eigenvalue weighted by Gasteiger charge is 2.19. The van der Waals surface area contributed by atoms with Gasteiger partial charge in [-0.15, -0.1) is 0 Å². The van der Waals surface area contributed by atoms with Crippen LogP contribution in [0.3, 0.4) is 0 Å². The second-order valence-corrected chi connectivity index (χ2v) is 6.20. The van der Waals surface area contributed by atoms with Crippen LogP contribution < -0.4 is 10.2 Å². The fourth-order valence-electron chi connectivity index (χ4n) is 2.98. The smallest absolute Gasteiger partial charge is 0.238 e. The SMILES string of the molecule is CCc1ccc(NC(=O)CN2CCN(c3ccnc(F)c3)CC2)cc1. The lowest BCUT2D eigenvalue weighted by molar-refractivity contribution is -0.117. The number of amides is 1. The Morgan fingerprint density at radius 1 is 1.16 bits per heavy atom. The number of anilines is 2. The van der Waals surface area contributed by atoms with Crippen molar-refractivity contribution in [3.05, 3.63) is 54.1 Å². The van der Waals surface area contributed by atoms with E-state index in [1.165, 1.54) is 17.8 Å². The quantitative estimate of drug-likeness (QED) is 0.849. The summed E-state index contributed by atoms with van der Waals surface area (Å²) in [7, 11) is 0. The third-order valence-corrected chi connectivity index (χ3v) is 4.46. The van der Waals surface area contributed by atoms with Crippen LogP contribution in [0.4, 0.5) is 15.8 Å². The second kappa shape index (κ2) is 8.07. The van der Waals surface area contributed by atoms with E-state index in [0.29, 0.717) is 6.54 Å². The molecule has 0 spiro atoms. The Kier molecular flexibility index (Phi) is 5.60. The molecule has 0 aliphatic carbocycles. The zero-order chi connectivity index (χ0) is 17.6. The number of nitrogens with zero attached hydrogens (tertiary/aromatic N) is 3. The van der Waals surface area contributed by atoms with E-state index in [-0.39, 0.29) is 5.91 Å². The van der Waals surface area contributed by atoms with Crippen LogP contribution in [0.25, 0.3) is 0 Å². The van der Waals surface area contributed by atoms with E-state index in [1.54, 1.807) is 0 Å². The molecule has 5 nitrogen and oxygen atoms in total. The zero-order valence-electron chi connectivity index (χ0n) is 14.4. The molecule has 1 aromatic heterocycles. The molecule has 1 fully saturated rings. The standard InChI is InChI=1S/C19H23FN4O/c1-2-15-3-5-16(6-4-15)22-19(25)14-23-9-11-24(12-10-23)17-7-8-21-18(20)13-17/h3-8,13H,2,9-12,14H2,1H3,(H,22,25). The number of pyridine rings is 1. The summed E-state index contributed by atoms with van der Waals surface area (Å²) < 4.78 is 13.2. The highest BCUT2D eigenvalue weighted by molar-refractivity contribution is 5.92. The van der Waals surface area contributed by atoms with Gasteiger partial charge in [-0.1, -0.05) is 19.1 Å². The van der Waals surface area contributed by atoms with E-state index in [1.807, 2.05) is 30.3 Å². The topological polar surface area (TPSA) is 48.5 Å². The maximum absolute atomic E-state index is 13.2. The molecule has 0 unspecified atom stereocenters. The number of carbonyl (C=O) groups excluding carboxylic acids is 1. The number of hydrogen-bond donors (Lipinski definition) is 1. The van der Waals surface area contributed by atoms with Gasteiger partial charge >= 0.3 is 0 Å². The summed E-state index contributed by atoms with van der Waals surface area (Å²) in [6, 6.07) is 11.2. The molecule has 1 aliphatic heterocycles. The third-order valence-electron chi connectivity index (χ3n) is 4.46. The molecule has 0 radical (unpaired) electrons. The van der Waals surface area contributed by atoms with E-state index in [2.05, 4.69) is 27.0 Å². The van der Waals surface area contributed by atoms with Gasteiger partial charge in [0.2, 0.25) is 11.9 Å². The Morgan fingerprint density at radius 3 is 2.52 bits per heavy atom. The van der Waals surface area contributed by atoms with E-state index in [9.17, 15) is 9.18 Å². The summed E-state index contributed by atoms with van der Waals surface area (Å²) in [4.78, 5) is 20.0.